The number of benzene rings is 1. The second kappa shape index (κ2) is 9.93. The molecule has 1 aromatic carbocycles. The zero-order valence-corrected chi connectivity index (χ0v) is 20.3. The molecule has 7 nitrogen and oxygen atoms in total. The van der Waals surface area contributed by atoms with Gasteiger partial charge in [-0.1, -0.05) is 5.16 Å². The predicted molar refractivity (Wildman–Crippen MR) is 126 cm³/mol. The molecule has 2 fully saturated rings. The highest BCUT2D eigenvalue weighted by molar-refractivity contribution is 5.93. The Hall–Kier alpha value is -2.79. The van der Waals surface area contributed by atoms with Crippen LogP contribution in [0.5, 0.6) is 0 Å². The third-order valence-electron chi connectivity index (χ3n) is 6.98. The summed E-state index contributed by atoms with van der Waals surface area (Å²) < 4.78 is 65.0. The maximum atomic E-state index is 15.1. The van der Waals surface area contributed by atoms with Gasteiger partial charge in [0.2, 0.25) is 0 Å². The Morgan fingerprint density at radius 3 is 2.36 bits per heavy atom. The standard InChI is InChI=1S/C25H29F4N5O2/c1-14-19-11-16(13-25(27,28)29)12-20(26)22(19)32-23(21(14)24-30-15(2)33-36-24)34-7-3-17(4-8-34)31-18-5-9-35-10-6-18/h11-12,17-18,31H,3-10,13H2,1-2H3. The number of aromatic nitrogens is 3. The quantitative estimate of drug-likeness (QED) is 0.493. The molecule has 0 saturated carbocycles. The normalized spacial score (nSPS) is 18.3. The SMILES string of the molecule is Cc1noc(-c2c(N3CCC(NC4CCOCC4)CC3)nc3c(F)cc(CC(F)(F)F)cc3c2C)n1. The summed E-state index contributed by atoms with van der Waals surface area (Å²) in [6, 6.07) is 3.09. The molecule has 194 valence electrons. The number of nitrogens with one attached hydrogen (secondary N) is 1. The minimum absolute atomic E-state index is 0.0378. The van der Waals surface area contributed by atoms with Crippen molar-refractivity contribution in [3.05, 3.63) is 34.9 Å². The highest BCUT2D eigenvalue weighted by atomic mass is 19.4. The van der Waals surface area contributed by atoms with Crippen LogP contribution < -0.4 is 10.2 Å². The van der Waals surface area contributed by atoms with Crippen molar-refractivity contribution >= 4 is 16.7 Å². The summed E-state index contributed by atoms with van der Waals surface area (Å²) in [6.07, 6.45) is -1.90. The van der Waals surface area contributed by atoms with E-state index in [0.29, 0.717) is 53.3 Å². The summed E-state index contributed by atoms with van der Waals surface area (Å²) in [6.45, 7) is 6.35. The Morgan fingerprint density at radius 1 is 1.03 bits per heavy atom. The molecule has 0 spiro atoms. The van der Waals surface area contributed by atoms with E-state index in [4.69, 9.17) is 9.26 Å². The minimum atomic E-state index is -4.45. The van der Waals surface area contributed by atoms with Crippen molar-refractivity contribution in [3.63, 3.8) is 0 Å². The van der Waals surface area contributed by atoms with Crippen LogP contribution >= 0.6 is 0 Å². The van der Waals surface area contributed by atoms with Gasteiger partial charge < -0.3 is 19.5 Å². The monoisotopic (exact) mass is 507 g/mol. The van der Waals surface area contributed by atoms with Gasteiger partial charge in [-0.05, 0) is 62.8 Å². The zero-order valence-electron chi connectivity index (χ0n) is 20.3. The number of aryl methyl sites for hydroxylation is 2. The van der Waals surface area contributed by atoms with Gasteiger partial charge in [0, 0.05) is 43.8 Å². The van der Waals surface area contributed by atoms with Crippen LogP contribution in [0, 0.1) is 19.7 Å². The molecule has 2 saturated heterocycles. The number of hydrogen-bond donors (Lipinski definition) is 1. The molecular weight excluding hydrogens is 478 g/mol. The second-order valence-corrected chi connectivity index (χ2v) is 9.66. The molecule has 0 aliphatic carbocycles. The van der Waals surface area contributed by atoms with E-state index in [0.717, 1.165) is 45.0 Å². The molecule has 0 bridgehead atoms. The molecule has 0 amide bonds. The van der Waals surface area contributed by atoms with E-state index in [2.05, 4.69) is 25.3 Å². The molecule has 0 atom stereocenters. The molecule has 11 heteroatoms. The number of hydrogen-bond acceptors (Lipinski definition) is 7. The predicted octanol–water partition coefficient (Wildman–Crippen LogP) is 4.88. The Labute approximate surface area is 206 Å². The van der Waals surface area contributed by atoms with Crippen molar-refractivity contribution in [1.29, 1.82) is 0 Å². The minimum Gasteiger partial charge on any atom is -0.381 e. The number of piperidine rings is 1. The number of alkyl halides is 3. The topological polar surface area (TPSA) is 76.3 Å². The van der Waals surface area contributed by atoms with E-state index < -0.39 is 18.4 Å². The molecular formula is C25H29F4N5O2. The van der Waals surface area contributed by atoms with Crippen LogP contribution in [0.4, 0.5) is 23.4 Å². The maximum absolute atomic E-state index is 15.1. The molecule has 5 rings (SSSR count). The van der Waals surface area contributed by atoms with E-state index in [9.17, 15) is 13.2 Å². The van der Waals surface area contributed by atoms with Gasteiger partial charge >= 0.3 is 6.18 Å². The van der Waals surface area contributed by atoms with Gasteiger partial charge in [-0.2, -0.15) is 18.2 Å². The highest BCUT2D eigenvalue weighted by Gasteiger charge is 2.31. The Bertz CT molecular complexity index is 1230. The van der Waals surface area contributed by atoms with Crippen LogP contribution in [0.2, 0.25) is 0 Å². The molecule has 1 N–H and O–H groups in total. The van der Waals surface area contributed by atoms with Crippen LogP contribution in [-0.2, 0) is 11.2 Å². The van der Waals surface area contributed by atoms with Gasteiger partial charge in [0.05, 0.1) is 12.0 Å². The van der Waals surface area contributed by atoms with Gasteiger partial charge in [-0.15, -0.1) is 0 Å². The lowest BCUT2D eigenvalue weighted by atomic mass is 9.98. The third kappa shape index (κ3) is 5.31. The molecule has 4 heterocycles. The fraction of sp³-hybridized carbons (Fsp3) is 0.560. The largest absolute Gasteiger partial charge is 0.393 e. The number of nitrogens with zero attached hydrogens (tertiary/aromatic N) is 4. The molecule has 0 radical (unpaired) electrons. The first-order chi connectivity index (χ1) is 17.2. The lowest BCUT2D eigenvalue weighted by Crippen LogP contribution is -2.48. The molecule has 2 aliphatic rings. The lowest BCUT2D eigenvalue weighted by molar-refractivity contribution is -0.127. The zero-order chi connectivity index (χ0) is 25.4. The van der Waals surface area contributed by atoms with Gasteiger partial charge in [0.25, 0.3) is 5.89 Å². The fourth-order valence-electron chi connectivity index (χ4n) is 5.19. The van der Waals surface area contributed by atoms with Gasteiger partial charge in [-0.3, -0.25) is 0 Å². The summed E-state index contributed by atoms with van der Waals surface area (Å²) in [5.41, 5.74) is 0.972. The van der Waals surface area contributed by atoms with E-state index in [1.807, 2.05) is 0 Å². The number of halogens is 4. The average Bonchev–Trinajstić information content (AvgIpc) is 3.25. The third-order valence-corrected chi connectivity index (χ3v) is 6.98. The number of fused-ring (bicyclic) bond motifs is 1. The van der Waals surface area contributed by atoms with E-state index >= 15 is 4.39 Å². The number of anilines is 1. The maximum Gasteiger partial charge on any atom is 0.393 e. The van der Waals surface area contributed by atoms with Crippen molar-refractivity contribution in [2.24, 2.45) is 0 Å². The van der Waals surface area contributed by atoms with Crippen LogP contribution in [0.1, 0.15) is 42.6 Å². The number of ether oxygens (including phenoxy) is 1. The van der Waals surface area contributed by atoms with E-state index in [-0.39, 0.29) is 17.0 Å². The van der Waals surface area contributed by atoms with E-state index in [1.54, 1.807) is 13.8 Å². The second-order valence-electron chi connectivity index (χ2n) is 9.66. The number of rotatable bonds is 5. The Morgan fingerprint density at radius 2 is 1.72 bits per heavy atom. The van der Waals surface area contributed by atoms with E-state index in [1.165, 1.54) is 6.07 Å². The van der Waals surface area contributed by atoms with Gasteiger partial charge in [0.1, 0.15) is 17.2 Å². The van der Waals surface area contributed by atoms with Crippen molar-refractivity contribution in [2.75, 3.05) is 31.2 Å². The summed E-state index contributed by atoms with van der Waals surface area (Å²) >= 11 is 0. The smallest absolute Gasteiger partial charge is 0.381 e. The van der Waals surface area contributed by atoms with Gasteiger partial charge in [0.15, 0.2) is 5.82 Å². The molecule has 0 unspecified atom stereocenters. The van der Waals surface area contributed by atoms with Crippen LogP contribution in [0.3, 0.4) is 0 Å². The first-order valence-electron chi connectivity index (χ1n) is 12.3. The van der Waals surface area contributed by atoms with Crippen LogP contribution in [0.25, 0.3) is 22.4 Å². The highest BCUT2D eigenvalue weighted by Crippen LogP contribution is 2.38. The van der Waals surface area contributed by atoms with Crippen molar-refractivity contribution in [1.82, 2.24) is 20.4 Å². The summed E-state index contributed by atoms with van der Waals surface area (Å²) in [4.78, 5) is 11.1. The van der Waals surface area contributed by atoms with Gasteiger partial charge in [-0.25, -0.2) is 9.37 Å². The first kappa shape index (κ1) is 24.9. The van der Waals surface area contributed by atoms with Crippen molar-refractivity contribution in [2.45, 2.75) is 64.2 Å². The summed E-state index contributed by atoms with van der Waals surface area (Å²) in [7, 11) is 0. The van der Waals surface area contributed by atoms with Crippen LogP contribution in [0.15, 0.2) is 16.7 Å². The molecule has 36 heavy (non-hydrogen) atoms. The summed E-state index contributed by atoms with van der Waals surface area (Å²) in [5.74, 6) is 0.376. The first-order valence-corrected chi connectivity index (χ1v) is 12.3. The van der Waals surface area contributed by atoms with Crippen LogP contribution in [-0.4, -0.2) is 59.7 Å². The molecule has 2 aromatic heterocycles. The average molecular weight is 508 g/mol. The molecule has 2 aliphatic heterocycles. The number of pyridine rings is 1. The Kier molecular flexibility index (Phi) is 6.86. The van der Waals surface area contributed by atoms with Crippen molar-refractivity contribution < 1.29 is 26.8 Å². The lowest BCUT2D eigenvalue weighted by Gasteiger charge is -2.37. The Balaban J connectivity index is 1.49. The fourth-order valence-corrected chi connectivity index (χ4v) is 5.19. The summed E-state index contributed by atoms with van der Waals surface area (Å²) in [5, 5.41) is 7.93. The van der Waals surface area contributed by atoms with Crippen molar-refractivity contribution in [3.8, 4) is 11.5 Å². The molecule has 3 aromatic rings.